The van der Waals surface area contributed by atoms with Gasteiger partial charge in [0, 0.05) is 42.3 Å². The predicted molar refractivity (Wildman–Crippen MR) is 115 cm³/mol. The normalized spacial score (nSPS) is 16.2. The van der Waals surface area contributed by atoms with Crippen LogP contribution in [0.4, 0.5) is 11.5 Å². The van der Waals surface area contributed by atoms with Crippen LogP contribution in [0, 0.1) is 0 Å². The SMILES string of the molecule is COc1ccc2cc3c(nc2c1)N(c1ccc(C(=O)N2CCCCC2)cc1)CC3. The minimum Gasteiger partial charge on any atom is -0.497 e. The van der Waals surface area contributed by atoms with Gasteiger partial charge in [0.05, 0.1) is 12.6 Å². The molecule has 5 nitrogen and oxygen atoms in total. The monoisotopic (exact) mass is 387 g/mol. The number of methoxy groups -OCH3 is 1. The molecule has 0 bridgehead atoms. The highest BCUT2D eigenvalue weighted by molar-refractivity contribution is 5.95. The third-order valence-corrected chi connectivity index (χ3v) is 6.01. The fourth-order valence-corrected chi connectivity index (χ4v) is 4.38. The molecule has 2 aliphatic rings. The Bertz CT molecular complexity index is 1060. The molecular weight excluding hydrogens is 362 g/mol. The summed E-state index contributed by atoms with van der Waals surface area (Å²) in [5.74, 6) is 1.96. The van der Waals surface area contributed by atoms with E-state index in [0.29, 0.717) is 0 Å². The molecule has 1 aromatic heterocycles. The lowest BCUT2D eigenvalue weighted by atomic mass is 10.1. The molecule has 2 aliphatic heterocycles. The van der Waals surface area contributed by atoms with Crippen molar-refractivity contribution in [3.05, 3.63) is 59.7 Å². The van der Waals surface area contributed by atoms with Gasteiger partial charge in [0.1, 0.15) is 11.6 Å². The number of hydrogen-bond donors (Lipinski definition) is 0. The number of aromatic nitrogens is 1. The third-order valence-electron chi connectivity index (χ3n) is 6.01. The average molecular weight is 387 g/mol. The number of amides is 1. The van der Waals surface area contributed by atoms with E-state index in [4.69, 9.17) is 9.72 Å². The van der Waals surface area contributed by atoms with Crippen LogP contribution in [0.25, 0.3) is 10.9 Å². The second-order valence-corrected chi connectivity index (χ2v) is 7.83. The number of carbonyl (C=O) groups is 1. The van der Waals surface area contributed by atoms with Crippen molar-refractivity contribution in [3.63, 3.8) is 0 Å². The number of rotatable bonds is 3. The lowest BCUT2D eigenvalue weighted by Crippen LogP contribution is -2.35. The summed E-state index contributed by atoms with van der Waals surface area (Å²) in [5.41, 5.74) is 4.04. The highest BCUT2D eigenvalue weighted by Gasteiger charge is 2.24. The van der Waals surface area contributed by atoms with E-state index in [-0.39, 0.29) is 5.91 Å². The van der Waals surface area contributed by atoms with Gasteiger partial charge in [-0.05, 0) is 73.7 Å². The van der Waals surface area contributed by atoms with Crippen LogP contribution in [0.15, 0.2) is 48.5 Å². The third kappa shape index (κ3) is 3.31. The minimum atomic E-state index is 0.147. The van der Waals surface area contributed by atoms with Crippen LogP contribution in [0.5, 0.6) is 5.75 Å². The fourth-order valence-electron chi connectivity index (χ4n) is 4.38. The molecule has 5 rings (SSSR count). The summed E-state index contributed by atoms with van der Waals surface area (Å²) in [5, 5.41) is 1.13. The Morgan fingerprint density at radius 3 is 2.52 bits per heavy atom. The number of likely N-dealkylation sites (tertiary alicyclic amines) is 1. The number of nitrogens with zero attached hydrogens (tertiary/aromatic N) is 3. The van der Waals surface area contributed by atoms with Gasteiger partial charge in [-0.3, -0.25) is 4.79 Å². The number of carbonyl (C=O) groups excluding carboxylic acids is 1. The molecule has 2 aromatic carbocycles. The molecule has 148 valence electrons. The fraction of sp³-hybridized carbons (Fsp3) is 0.333. The molecule has 0 N–H and O–H groups in total. The summed E-state index contributed by atoms with van der Waals surface area (Å²) in [6, 6.07) is 16.2. The standard InChI is InChI=1S/C24H25N3O2/c1-29-21-10-7-18-15-19-11-14-27(23(19)25-22(18)16-21)20-8-5-17(6-9-20)24(28)26-12-3-2-4-13-26/h5-10,15-16H,2-4,11-14H2,1H3. The smallest absolute Gasteiger partial charge is 0.253 e. The van der Waals surface area contributed by atoms with Crippen molar-refractivity contribution in [3.8, 4) is 5.75 Å². The van der Waals surface area contributed by atoms with E-state index in [1.165, 1.54) is 12.0 Å². The van der Waals surface area contributed by atoms with Crippen LogP contribution < -0.4 is 9.64 Å². The van der Waals surface area contributed by atoms with Crippen LogP contribution in [0.3, 0.4) is 0 Å². The Hall–Kier alpha value is -3.08. The molecule has 0 spiro atoms. The van der Waals surface area contributed by atoms with Crippen LogP contribution >= 0.6 is 0 Å². The molecule has 29 heavy (non-hydrogen) atoms. The quantitative estimate of drug-likeness (QED) is 0.661. The van der Waals surface area contributed by atoms with E-state index in [2.05, 4.69) is 17.0 Å². The first-order valence-electron chi connectivity index (χ1n) is 10.4. The maximum Gasteiger partial charge on any atom is 0.253 e. The highest BCUT2D eigenvalue weighted by Crippen LogP contribution is 2.35. The molecule has 1 saturated heterocycles. The molecule has 0 atom stereocenters. The van der Waals surface area contributed by atoms with Gasteiger partial charge in [-0.1, -0.05) is 0 Å². The van der Waals surface area contributed by atoms with Crippen molar-refractivity contribution in [1.29, 1.82) is 0 Å². The molecule has 0 aliphatic carbocycles. The maximum absolute atomic E-state index is 12.7. The molecular formula is C24H25N3O2. The zero-order chi connectivity index (χ0) is 19.8. The second-order valence-electron chi connectivity index (χ2n) is 7.83. The number of ether oxygens (including phenoxy) is 1. The first kappa shape index (κ1) is 18.0. The van der Waals surface area contributed by atoms with Gasteiger partial charge in [0.15, 0.2) is 0 Å². The zero-order valence-corrected chi connectivity index (χ0v) is 16.7. The zero-order valence-electron chi connectivity index (χ0n) is 16.7. The molecule has 0 radical (unpaired) electrons. The number of hydrogen-bond acceptors (Lipinski definition) is 4. The predicted octanol–water partition coefficient (Wildman–Crippen LogP) is 4.56. The number of fused-ring (bicyclic) bond motifs is 2. The van der Waals surface area contributed by atoms with Crippen molar-refractivity contribution in [2.45, 2.75) is 25.7 Å². The van der Waals surface area contributed by atoms with Gasteiger partial charge in [-0.2, -0.15) is 0 Å². The van der Waals surface area contributed by atoms with E-state index in [9.17, 15) is 4.79 Å². The summed E-state index contributed by atoms with van der Waals surface area (Å²) in [6.07, 6.45) is 4.42. The molecule has 5 heteroatoms. The molecule has 3 aromatic rings. The largest absolute Gasteiger partial charge is 0.497 e. The van der Waals surface area contributed by atoms with E-state index in [0.717, 1.165) is 72.6 Å². The van der Waals surface area contributed by atoms with Gasteiger partial charge in [0.25, 0.3) is 5.91 Å². The number of piperidine rings is 1. The minimum absolute atomic E-state index is 0.147. The molecule has 0 saturated carbocycles. The second kappa shape index (κ2) is 7.39. The summed E-state index contributed by atoms with van der Waals surface area (Å²) in [4.78, 5) is 21.9. The lowest BCUT2D eigenvalue weighted by Gasteiger charge is -2.27. The van der Waals surface area contributed by atoms with Crippen molar-refractivity contribution in [2.75, 3.05) is 31.6 Å². The van der Waals surface area contributed by atoms with Crippen molar-refractivity contribution in [2.24, 2.45) is 0 Å². The summed E-state index contributed by atoms with van der Waals surface area (Å²) in [6.45, 7) is 2.65. The average Bonchev–Trinajstić information content (AvgIpc) is 3.20. The summed E-state index contributed by atoms with van der Waals surface area (Å²) >= 11 is 0. The number of pyridine rings is 1. The first-order valence-corrected chi connectivity index (χ1v) is 10.4. The number of benzene rings is 2. The van der Waals surface area contributed by atoms with Crippen molar-refractivity contribution < 1.29 is 9.53 Å². The molecule has 3 heterocycles. The van der Waals surface area contributed by atoms with E-state index in [1.807, 2.05) is 41.3 Å². The highest BCUT2D eigenvalue weighted by atomic mass is 16.5. The topological polar surface area (TPSA) is 45.7 Å². The molecule has 0 unspecified atom stereocenters. The van der Waals surface area contributed by atoms with E-state index in [1.54, 1.807) is 7.11 Å². The first-order chi connectivity index (χ1) is 14.2. The van der Waals surface area contributed by atoms with Gasteiger partial charge < -0.3 is 14.5 Å². The van der Waals surface area contributed by atoms with Gasteiger partial charge >= 0.3 is 0 Å². The Balaban J connectivity index is 1.42. The van der Waals surface area contributed by atoms with Gasteiger partial charge in [-0.25, -0.2) is 4.98 Å². The maximum atomic E-state index is 12.7. The Morgan fingerprint density at radius 2 is 1.76 bits per heavy atom. The van der Waals surface area contributed by atoms with E-state index < -0.39 is 0 Å². The Labute approximate surface area is 170 Å². The molecule has 1 amide bonds. The van der Waals surface area contributed by atoms with Gasteiger partial charge in [-0.15, -0.1) is 0 Å². The van der Waals surface area contributed by atoms with E-state index >= 15 is 0 Å². The van der Waals surface area contributed by atoms with Crippen LogP contribution in [0.1, 0.15) is 35.2 Å². The summed E-state index contributed by atoms with van der Waals surface area (Å²) in [7, 11) is 1.67. The lowest BCUT2D eigenvalue weighted by molar-refractivity contribution is 0.0724. The molecule has 1 fully saturated rings. The van der Waals surface area contributed by atoms with Crippen molar-refractivity contribution in [1.82, 2.24) is 9.88 Å². The Morgan fingerprint density at radius 1 is 0.966 bits per heavy atom. The summed E-state index contributed by atoms with van der Waals surface area (Å²) < 4.78 is 5.35. The van der Waals surface area contributed by atoms with Crippen LogP contribution in [-0.2, 0) is 6.42 Å². The number of anilines is 2. The van der Waals surface area contributed by atoms with Crippen LogP contribution in [0.2, 0.25) is 0 Å². The van der Waals surface area contributed by atoms with Crippen LogP contribution in [-0.4, -0.2) is 42.5 Å². The van der Waals surface area contributed by atoms with Gasteiger partial charge in [0.2, 0.25) is 0 Å². The van der Waals surface area contributed by atoms with Crippen molar-refractivity contribution >= 4 is 28.3 Å². The Kier molecular flexibility index (Phi) is 4.58.